The summed E-state index contributed by atoms with van der Waals surface area (Å²) >= 11 is 0. The number of benzene rings is 10. The topological polar surface area (TPSA) is 56.2 Å². The third-order valence-corrected chi connectivity index (χ3v) is 12.1. The van der Waals surface area contributed by atoms with Crippen LogP contribution in [-0.2, 0) is 0 Å². The van der Waals surface area contributed by atoms with Gasteiger partial charge in [0, 0.05) is 27.5 Å². The van der Waals surface area contributed by atoms with E-state index >= 15 is 0 Å². The van der Waals surface area contributed by atoms with Gasteiger partial charge < -0.3 is 4.42 Å². The minimum absolute atomic E-state index is 0.531. The molecule has 0 saturated carbocycles. The Morgan fingerprint density at radius 3 is 1.49 bits per heavy atom. The van der Waals surface area contributed by atoms with Crippen LogP contribution in [0.25, 0.3) is 127 Å². The van der Waals surface area contributed by atoms with Crippen LogP contribution >= 0.6 is 0 Å². The summed E-state index contributed by atoms with van der Waals surface area (Å²) in [6.07, 6.45) is 0. The number of para-hydroxylation sites is 1. The molecule has 0 saturated heterocycles. The van der Waals surface area contributed by atoms with E-state index in [1.807, 2.05) is 60.7 Å². The second-order valence-corrected chi connectivity index (χ2v) is 15.8. The number of fused-ring (bicyclic) bond motifs is 9. The largest absolute Gasteiger partial charge is 0.456 e. The predicted octanol–water partition coefficient (Wildman–Crippen LogP) is 15.8. The summed E-state index contributed by atoms with van der Waals surface area (Å²) in [5, 5.41) is 9.21. The lowest BCUT2D eigenvalue weighted by atomic mass is 9.93. The first-order valence-corrected chi connectivity index (χ1v) is 21.0. The van der Waals surface area contributed by atoms with Gasteiger partial charge in [-0.15, -0.1) is 0 Å². The zero-order valence-electron chi connectivity index (χ0n) is 33.8. The lowest BCUT2D eigenvalue weighted by Crippen LogP contribution is -2.00. The monoisotopic (exact) mass is 802 g/mol. The molecule has 12 aromatic rings. The normalized spacial score (nSPS) is 11.5. The molecule has 63 heavy (non-hydrogen) atoms. The molecule has 0 bridgehead atoms. The van der Waals surface area contributed by atoms with Crippen LogP contribution in [0.4, 0.5) is 5.69 Å². The highest BCUT2D eigenvalue weighted by Gasteiger charge is 2.19. The highest BCUT2D eigenvalue weighted by molar-refractivity contribution is 6.25. The molecule has 0 amide bonds. The van der Waals surface area contributed by atoms with Crippen molar-refractivity contribution in [2.24, 2.45) is 0 Å². The molecule has 0 aliphatic carbocycles. The minimum Gasteiger partial charge on any atom is -0.456 e. The molecule has 0 spiro atoms. The predicted molar refractivity (Wildman–Crippen MR) is 259 cm³/mol. The molecule has 0 aliphatic heterocycles. The van der Waals surface area contributed by atoms with E-state index in [1.165, 1.54) is 32.5 Å². The van der Waals surface area contributed by atoms with Crippen LogP contribution in [0.1, 0.15) is 0 Å². The Balaban J connectivity index is 1.03. The lowest BCUT2D eigenvalue weighted by molar-refractivity contribution is 0.669. The fraction of sp³-hybridized carbons (Fsp3) is 0. The smallest absolute Gasteiger partial charge is 0.194 e. The Kier molecular flexibility index (Phi) is 8.48. The Morgan fingerprint density at radius 2 is 0.794 bits per heavy atom. The summed E-state index contributed by atoms with van der Waals surface area (Å²) in [5.41, 5.74) is 11.0. The molecule has 2 heterocycles. The summed E-state index contributed by atoms with van der Waals surface area (Å²) < 4.78 is 6.64. The van der Waals surface area contributed by atoms with Gasteiger partial charge >= 0.3 is 0 Å². The zero-order chi connectivity index (χ0) is 41.9. The van der Waals surface area contributed by atoms with Crippen LogP contribution in [0.3, 0.4) is 0 Å². The summed E-state index contributed by atoms with van der Waals surface area (Å²) in [5.74, 6) is 1.63. The Hall–Kier alpha value is -8.72. The van der Waals surface area contributed by atoms with Crippen LogP contribution in [0.5, 0.6) is 0 Å². The molecule has 0 aliphatic rings. The first-order valence-electron chi connectivity index (χ1n) is 21.0. The van der Waals surface area contributed by atoms with Gasteiger partial charge in [-0.3, -0.25) is 0 Å². The van der Waals surface area contributed by atoms with E-state index < -0.39 is 0 Å². The molecule has 0 atom stereocenters. The van der Waals surface area contributed by atoms with Gasteiger partial charge in [-0.25, -0.2) is 19.8 Å². The maximum absolute atomic E-state index is 7.82. The van der Waals surface area contributed by atoms with Crippen molar-refractivity contribution in [1.82, 2.24) is 15.0 Å². The summed E-state index contributed by atoms with van der Waals surface area (Å²) in [6, 6.07) is 71.1. The third kappa shape index (κ3) is 6.20. The van der Waals surface area contributed by atoms with Crippen LogP contribution in [0.15, 0.2) is 211 Å². The number of nitrogens with zero attached hydrogens (tertiary/aromatic N) is 4. The molecule has 0 N–H and O–H groups in total. The number of hydrogen-bond donors (Lipinski definition) is 0. The van der Waals surface area contributed by atoms with Crippen LogP contribution in [-0.4, -0.2) is 15.0 Å². The van der Waals surface area contributed by atoms with Crippen molar-refractivity contribution in [3.05, 3.63) is 218 Å². The minimum atomic E-state index is 0.531. The molecule has 12 rings (SSSR count). The van der Waals surface area contributed by atoms with Crippen molar-refractivity contribution < 1.29 is 4.42 Å². The van der Waals surface area contributed by atoms with E-state index in [-0.39, 0.29) is 0 Å². The van der Waals surface area contributed by atoms with E-state index in [9.17, 15) is 0 Å². The average Bonchev–Trinajstić information content (AvgIpc) is 3.75. The maximum Gasteiger partial charge on any atom is 0.194 e. The van der Waals surface area contributed by atoms with E-state index in [4.69, 9.17) is 25.9 Å². The van der Waals surface area contributed by atoms with Gasteiger partial charge in [0.25, 0.3) is 0 Å². The fourth-order valence-corrected chi connectivity index (χ4v) is 9.15. The lowest BCUT2D eigenvalue weighted by Gasteiger charge is -2.13. The van der Waals surface area contributed by atoms with Gasteiger partial charge in [-0.05, 0) is 102 Å². The van der Waals surface area contributed by atoms with Crippen molar-refractivity contribution in [2.75, 3.05) is 0 Å². The van der Waals surface area contributed by atoms with Gasteiger partial charge in [-0.2, -0.15) is 0 Å². The number of furan rings is 1. The molecule has 0 radical (unpaired) electrons. The van der Waals surface area contributed by atoms with Gasteiger partial charge in [-0.1, -0.05) is 170 Å². The van der Waals surface area contributed by atoms with Crippen molar-refractivity contribution in [3.8, 4) is 67.5 Å². The standard InChI is InChI=1S/C58H34N4O/c1-59-52-26-10-9-20-43(52)38-17-12-19-40(33-38)56-60-57(41-28-30-49-47-23-6-5-21-45(47)46-22-7-8-24-48(46)51(49)34-41)62-58(61-56)42-29-31-50-54(35-42)63-53-27-13-25-44(55(50)53)39-18-11-16-37(32-39)36-14-3-2-4-15-36/h2-35H. The second kappa shape index (κ2) is 14.8. The van der Waals surface area contributed by atoms with Crippen molar-refractivity contribution in [3.63, 3.8) is 0 Å². The summed E-state index contributed by atoms with van der Waals surface area (Å²) in [7, 11) is 0. The molecule has 292 valence electrons. The molecule has 2 aromatic heterocycles. The second-order valence-electron chi connectivity index (χ2n) is 15.8. The Labute approximate surface area is 363 Å². The Morgan fingerprint density at radius 1 is 0.317 bits per heavy atom. The van der Waals surface area contributed by atoms with Crippen molar-refractivity contribution >= 4 is 59.9 Å². The van der Waals surface area contributed by atoms with Crippen molar-refractivity contribution in [1.29, 1.82) is 0 Å². The Bertz CT molecular complexity index is 3790. The SMILES string of the molecule is [C-]#[N+]c1ccccc1-c1cccc(-c2nc(-c3ccc4c(c3)oc3cccc(-c5cccc(-c6ccccc6)c5)c34)nc(-c3ccc4c5ccccc5c5ccccc5c4c3)n2)c1. The van der Waals surface area contributed by atoms with E-state index in [0.717, 1.165) is 71.8 Å². The summed E-state index contributed by atoms with van der Waals surface area (Å²) in [4.78, 5) is 19.4. The summed E-state index contributed by atoms with van der Waals surface area (Å²) in [6.45, 7) is 7.82. The van der Waals surface area contributed by atoms with Gasteiger partial charge in [0.2, 0.25) is 0 Å². The first-order chi connectivity index (χ1) is 31.2. The molecular formula is C58H34N4O. The van der Waals surface area contributed by atoms with Crippen LogP contribution in [0.2, 0.25) is 0 Å². The van der Waals surface area contributed by atoms with Crippen LogP contribution in [0, 0.1) is 6.57 Å². The number of hydrogen-bond acceptors (Lipinski definition) is 4. The van der Waals surface area contributed by atoms with Gasteiger partial charge in [0.1, 0.15) is 11.2 Å². The van der Waals surface area contributed by atoms with Crippen molar-refractivity contribution in [2.45, 2.75) is 0 Å². The van der Waals surface area contributed by atoms with E-state index in [1.54, 1.807) is 0 Å². The average molecular weight is 803 g/mol. The molecule has 5 nitrogen and oxygen atoms in total. The fourth-order valence-electron chi connectivity index (χ4n) is 9.15. The molecule has 0 fully saturated rings. The quantitative estimate of drug-likeness (QED) is 0.124. The zero-order valence-corrected chi connectivity index (χ0v) is 33.8. The molecule has 10 aromatic carbocycles. The third-order valence-electron chi connectivity index (χ3n) is 12.1. The number of aromatic nitrogens is 3. The van der Waals surface area contributed by atoms with Gasteiger partial charge in [0.15, 0.2) is 23.2 Å². The highest BCUT2D eigenvalue weighted by atomic mass is 16.3. The van der Waals surface area contributed by atoms with Crippen LogP contribution < -0.4 is 0 Å². The molecule has 5 heteroatoms. The van der Waals surface area contributed by atoms with E-state index in [0.29, 0.717) is 23.2 Å². The van der Waals surface area contributed by atoms with Gasteiger partial charge in [0.05, 0.1) is 6.57 Å². The highest BCUT2D eigenvalue weighted by Crippen LogP contribution is 2.41. The molecule has 0 unspecified atom stereocenters. The maximum atomic E-state index is 7.82. The van der Waals surface area contributed by atoms with E-state index in [2.05, 4.69) is 150 Å². The number of rotatable bonds is 6. The molecular weight excluding hydrogens is 769 g/mol. The first kappa shape index (κ1) is 36.2.